The number of nitrogens with two attached hydrogens (primary N) is 1. The highest BCUT2D eigenvalue weighted by molar-refractivity contribution is 5.85. The summed E-state index contributed by atoms with van der Waals surface area (Å²) in [5, 5.41) is 13.5. The van der Waals surface area contributed by atoms with Gasteiger partial charge in [-0.1, -0.05) is 6.07 Å². The van der Waals surface area contributed by atoms with Crippen LogP contribution < -0.4 is 11.2 Å². The number of nitro groups is 1. The van der Waals surface area contributed by atoms with Gasteiger partial charge in [0.15, 0.2) is 0 Å². The number of hydrogen-bond donors (Lipinski definition) is 2. The Bertz CT molecular complexity index is 514. The Morgan fingerprint density at radius 1 is 1.53 bits per heavy atom. The van der Waals surface area contributed by atoms with Crippen LogP contribution in [0.1, 0.15) is 11.1 Å². The molecule has 1 aromatic carbocycles. The molecule has 3 N–H and O–H groups in total. The van der Waals surface area contributed by atoms with E-state index in [9.17, 15) is 23.3 Å². The molecule has 0 amide bonds. The van der Waals surface area contributed by atoms with Gasteiger partial charge in [0.25, 0.3) is 5.69 Å². The highest BCUT2D eigenvalue weighted by Crippen LogP contribution is 2.18. The van der Waals surface area contributed by atoms with Crippen molar-refractivity contribution in [2.75, 3.05) is 0 Å². The lowest BCUT2D eigenvalue weighted by Gasteiger charge is -2.06. The van der Waals surface area contributed by atoms with Gasteiger partial charge in [0.05, 0.1) is 11.5 Å². The van der Waals surface area contributed by atoms with Crippen LogP contribution in [-0.4, -0.2) is 16.9 Å². The van der Waals surface area contributed by atoms with Crippen LogP contribution in [0.3, 0.4) is 0 Å². The van der Waals surface area contributed by atoms with Crippen molar-refractivity contribution >= 4 is 11.5 Å². The standard InChI is InChI=1S/C10H11F3N4O2/c1-6-4-7(2-3-8(6)17(18)19)5-15-16-9(14)10(11,12)13/h2-4,15H,5H2,1H3,(H2,14,16). The summed E-state index contributed by atoms with van der Waals surface area (Å²) in [6.07, 6.45) is -4.68. The summed E-state index contributed by atoms with van der Waals surface area (Å²) in [6.45, 7) is 1.52. The van der Waals surface area contributed by atoms with Crippen molar-refractivity contribution in [1.29, 1.82) is 0 Å². The maximum atomic E-state index is 12.0. The molecule has 0 bridgehead atoms. The van der Waals surface area contributed by atoms with Crippen LogP contribution in [0, 0.1) is 17.0 Å². The number of hydrogen-bond acceptors (Lipinski definition) is 4. The molecule has 0 aliphatic rings. The number of aryl methyl sites for hydroxylation is 1. The summed E-state index contributed by atoms with van der Waals surface area (Å²) in [4.78, 5) is 10.0. The SMILES string of the molecule is Cc1cc(CNN=C(N)C(F)(F)F)ccc1[N+](=O)[O-]. The second-order valence-electron chi connectivity index (χ2n) is 3.71. The molecular weight excluding hydrogens is 265 g/mol. The summed E-state index contributed by atoms with van der Waals surface area (Å²) in [7, 11) is 0. The topological polar surface area (TPSA) is 93.5 Å². The largest absolute Gasteiger partial charge is 0.450 e. The van der Waals surface area contributed by atoms with Crippen LogP contribution in [0.15, 0.2) is 23.3 Å². The molecule has 0 atom stereocenters. The smallest absolute Gasteiger partial charge is 0.378 e. The lowest BCUT2D eigenvalue weighted by atomic mass is 10.1. The number of rotatable bonds is 4. The predicted molar refractivity (Wildman–Crippen MR) is 62.4 cm³/mol. The molecular formula is C10H11F3N4O2. The molecule has 6 nitrogen and oxygen atoms in total. The molecule has 1 aromatic rings. The summed E-state index contributed by atoms with van der Waals surface area (Å²) in [5.41, 5.74) is 7.76. The van der Waals surface area contributed by atoms with E-state index >= 15 is 0 Å². The summed E-state index contributed by atoms with van der Waals surface area (Å²) < 4.78 is 36.0. The molecule has 0 saturated heterocycles. The Morgan fingerprint density at radius 2 is 2.16 bits per heavy atom. The van der Waals surface area contributed by atoms with Gasteiger partial charge in [-0.05, 0) is 18.6 Å². The van der Waals surface area contributed by atoms with Crippen LogP contribution in [0.5, 0.6) is 0 Å². The summed E-state index contributed by atoms with van der Waals surface area (Å²) in [5.74, 6) is -1.48. The van der Waals surface area contributed by atoms with E-state index in [1.54, 1.807) is 0 Å². The molecule has 104 valence electrons. The minimum absolute atomic E-state index is 0.0182. The van der Waals surface area contributed by atoms with E-state index in [0.717, 1.165) is 0 Å². The van der Waals surface area contributed by atoms with E-state index in [4.69, 9.17) is 0 Å². The third-order valence-corrected chi connectivity index (χ3v) is 2.23. The zero-order chi connectivity index (χ0) is 14.6. The predicted octanol–water partition coefficient (Wildman–Crippen LogP) is 1.83. The molecule has 0 radical (unpaired) electrons. The van der Waals surface area contributed by atoms with Crippen molar-refractivity contribution in [3.05, 3.63) is 39.4 Å². The van der Waals surface area contributed by atoms with Gasteiger partial charge in [0, 0.05) is 11.6 Å². The number of hydrazone groups is 1. The fourth-order valence-corrected chi connectivity index (χ4v) is 1.31. The van der Waals surface area contributed by atoms with Gasteiger partial charge in [-0.2, -0.15) is 18.3 Å². The molecule has 0 aliphatic heterocycles. The monoisotopic (exact) mass is 276 g/mol. The van der Waals surface area contributed by atoms with E-state index in [-0.39, 0.29) is 12.2 Å². The van der Waals surface area contributed by atoms with Gasteiger partial charge < -0.3 is 11.2 Å². The number of nitrogens with zero attached hydrogens (tertiary/aromatic N) is 2. The first-order valence-corrected chi connectivity index (χ1v) is 5.09. The number of halogens is 3. The highest BCUT2D eigenvalue weighted by atomic mass is 19.4. The Hall–Kier alpha value is -2.32. The molecule has 0 aliphatic carbocycles. The Balaban J connectivity index is 2.70. The Kier molecular flexibility index (Phi) is 4.30. The lowest BCUT2D eigenvalue weighted by molar-refractivity contribution is -0.385. The second kappa shape index (κ2) is 5.55. The van der Waals surface area contributed by atoms with Crippen molar-refractivity contribution in [1.82, 2.24) is 5.43 Å². The van der Waals surface area contributed by atoms with Crippen molar-refractivity contribution in [3.63, 3.8) is 0 Å². The van der Waals surface area contributed by atoms with Crippen LogP contribution in [-0.2, 0) is 6.54 Å². The minimum atomic E-state index is -4.68. The molecule has 0 aromatic heterocycles. The molecule has 0 spiro atoms. The average Bonchev–Trinajstić information content (AvgIpc) is 2.27. The maximum Gasteiger partial charge on any atom is 0.450 e. The third-order valence-electron chi connectivity index (χ3n) is 2.23. The van der Waals surface area contributed by atoms with Crippen molar-refractivity contribution in [2.24, 2.45) is 10.8 Å². The van der Waals surface area contributed by atoms with E-state index in [1.807, 2.05) is 0 Å². The van der Waals surface area contributed by atoms with Gasteiger partial charge >= 0.3 is 6.18 Å². The fourth-order valence-electron chi connectivity index (χ4n) is 1.31. The van der Waals surface area contributed by atoms with Crippen LogP contribution in [0.25, 0.3) is 0 Å². The Labute approximate surface area is 106 Å². The first kappa shape index (κ1) is 14.7. The van der Waals surface area contributed by atoms with E-state index < -0.39 is 16.9 Å². The van der Waals surface area contributed by atoms with Crippen molar-refractivity contribution < 1.29 is 18.1 Å². The zero-order valence-electron chi connectivity index (χ0n) is 9.86. The normalized spacial score (nSPS) is 12.3. The average molecular weight is 276 g/mol. The molecule has 0 fully saturated rings. The number of benzene rings is 1. The minimum Gasteiger partial charge on any atom is -0.378 e. The number of nitro benzene ring substituents is 1. The van der Waals surface area contributed by atoms with E-state index in [2.05, 4.69) is 16.3 Å². The molecule has 9 heteroatoms. The zero-order valence-corrected chi connectivity index (χ0v) is 9.86. The van der Waals surface area contributed by atoms with E-state index in [1.165, 1.54) is 25.1 Å². The first-order chi connectivity index (χ1) is 8.71. The van der Waals surface area contributed by atoms with E-state index in [0.29, 0.717) is 11.1 Å². The van der Waals surface area contributed by atoms with Gasteiger partial charge in [-0.15, -0.1) is 0 Å². The van der Waals surface area contributed by atoms with Crippen molar-refractivity contribution in [2.45, 2.75) is 19.6 Å². The van der Waals surface area contributed by atoms with Crippen molar-refractivity contribution in [3.8, 4) is 0 Å². The first-order valence-electron chi connectivity index (χ1n) is 5.09. The fraction of sp³-hybridized carbons (Fsp3) is 0.300. The van der Waals surface area contributed by atoms with Gasteiger partial charge in [0.2, 0.25) is 5.84 Å². The number of alkyl halides is 3. The summed E-state index contributed by atoms with van der Waals surface area (Å²) in [6, 6.07) is 4.20. The quantitative estimate of drug-likeness (QED) is 0.379. The lowest BCUT2D eigenvalue weighted by Crippen LogP contribution is -2.33. The highest BCUT2D eigenvalue weighted by Gasteiger charge is 2.33. The molecule has 1 rings (SSSR count). The molecule has 0 unspecified atom stereocenters. The van der Waals surface area contributed by atoms with Crippen LogP contribution in [0.4, 0.5) is 18.9 Å². The maximum absolute atomic E-state index is 12.0. The van der Waals surface area contributed by atoms with Gasteiger partial charge in [0.1, 0.15) is 0 Å². The summed E-state index contributed by atoms with van der Waals surface area (Å²) >= 11 is 0. The van der Waals surface area contributed by atoms with Crippen LogP contribution in [0.2, 0.25) is 0 Å². The third kappa shape index (κ3) is 4.12. The van der Waals surface area contributed by atoms with Gasteiger partial charge in [-0.25, -0.2) is 0 Å². The number of amidine groups is 1. The molecule has 19 heavy (non-hydrogen) atoms. The molecule has 0 saturated carbocycles. The molecule has 0 heterocycles. The van der Waals surface area contributed by atoms with Crippen LogP contribution >= 0.6 is 0 Å². The number of nitrogens with one attached hydrogen (secondary N) is 1. The Morgan fingerprint density at radius 3 is 2.63 bits per heavy atom. The second-order valence-corrected chi connectivity index (χ2v) is 3.71. The van der Waals surface area contributed by atoms with Gasteiger partial charge in [-0.3, -0.25) is 10.1 Å².